The van der Waals surface area contributed by atoms with E-state index in [-0.39, 0.29) is 0 Å². The number of aryl methyl sites for hydroxylation is 4. The summed E-state index contributed by atoms with van der Waals surface area (Å²) in [5, 5.41) is 7.25. The van der Waals surface area contributed by atoms with Crippen LogP contribution < -0.4 is 0 Å². The van der Waals surface area contributed by atoms with Gasteiger partial charge in [-0.2, -0.15) is 0 Å². The summed E-state index contributed by atoms with van der Waals surface area (Å²) in [6.45, 7) is 8.07. The van der Waals surface area contributed by atoms with Crippen molar-refractivity contribution in [2.45, 2.75) is 27.7 Å². The minimum absolute atomic E-state index is 0.776. The maximum atomic E-state index is 4.74. The Morgan fingerprint density at radius 3 is 1.16 bits per heavy atom. The molecule has 4 aromatic carbocycles. The molecule has 32 heavy (non-hydrogen) atoms. The molecule has 0 bridgehead atoms. The zero-order valence-corrected chi connectivity index (χ0v) is 18.6. The molecule has 2 heterocycles. The third-order valence-electron chi connectivity index (χ3n) is 6.11. The van der Waals surface area contributed by atoms with Crippen LogP contribution in [0.1, 0.15) is 22.8 Å². The summed E-state index contributed by atoms with van der Waals surface area (Å²) < 4.78 is 0. The van der Waals surface area contributed by atoms with Crippen molar-refractivity contribution in [2.75, 3.05) is 0 Å². The first kappa shape index (κ1) is 18.8. The van der Waals surface area contributed by atoms with Crippen LogP contribution in [0.2, 0.25) is 0 Å². The fraction of sp³-hybridized carbons (Fsp3) is 0.143. The molecule has 0 amide bonds. The van der Waals surface area contributed by atoms with Gasteiger partial charge in [0.25, 0.3) is 0 Å². The van der Waals surface area contributed by atoms with Crippen LogP contribution in [-0.2, 0) is 0 Å². The van der Waals surface area contributed by atoms with Gasteiger partial charge in [-0.1, -0.05) is 36.4 Å². The highest BCUT2D eigenvalue weighted by molar-refractivity contribution is 6.27. The predicted molar refractivity (Wildman–Crippen MR) is 131 cm³/mol. The highest BCUT2D eigenvalue weighted by atomic mass is 14.9. The van der Waals surface area contributed by atoms with Gasteiger partial charge in [0, 0.05) is 33.9 Å². The van der Waals surface area contributed by atoms with Crippen molar-refractivity contribution in [3.05, 3.63) is 83.4 Å². The van der Waals surface area contributed by atoms with Crippen LogP contribution in [0.25, 0.3) is 55.1 Å². The maximum absolute atomic E-state index is 4.74. The first-order valence-electron chi connectivity index (χ1n) is 10.8. The highest BCUT2D eigenvalue weighted by Crippen LogP contribution is 2.41. The van der Waals surface area contributed by atoms with Crippen molar-refractivity contribution >= 4 is 32.3 Å². The van der Waals surface area contributed by atoms with Crippen molar-refractivity contribution in [1.82, 2.24) is 19.9 Å². The molecule has 0 spiro atoms. The Morgan fingerprint density at radius 2 is 0.781 bits per heavy atom. The van der Waals surface area contributed by atoms with E-state index in [9.17, 15) is 0 Å². The Hall–Kier alpha value is -3.92. The van der Waals surface area contributed by atoms with Gasteiger partial charge in [0.05, 0.1) is 0 Å². The second kappa shape index (κ2) is 6.79. The normalized spacial score (nSPS) is 11.8. The molecule has 0 unspecified atom stereocenters. The van der Waals surface area contributed by atoms with Gasteiger partial charge in [-0.05, 0) is 84.3 Å². The topological polar surface area (TPSA) is 51.6 Å². The number of hydrogen-bond donors (Lipinski definition) is 0. The van der Waals surface area contributed by atoms with E-state index in [4.69, 9.17) is 19.9 Å². The van der Waals surface area contributed by atoms with E-state index in [1.165, 1.54) is 32.3 Å². The van der Waals surface area contributed by atoms with Gasteiger partial charge >= 0.3 is 0 Å². The summed E-state index contributed by atoms with van der Waals surface area (Å²) in [7, 11) is 0. The highest BCUT2D eigenvalue weighted by Gasteiger charge is 2.17. The smallest absolute Gasteiger partial charge is 0.160 e. The lowest BCUT2D eigenvalue weighted by atomic mass is 9.89. The summed E-state index contributed by atoms with van der Waals surface area (Å²) >= 11 is 0. The van der Waals surface area contributed by atoms with E-state index in [1.54, 1.807) is 0 Å². The predicted octanol–water partition coefficient (Wildman–Crippen LogP) is 6.73. The molecule has 6 rings (SSSR count). The summed E-state index contributed by atoms with van der Waals surface area (Å²) in [4.78, 5) is 19.0. The fourth-order valence-corrected chi connectivity index (χ4v) is 4.88. The average molecular weight is 415 g/mol. The van der Waals surface area contributed by atoms with E-state index in [2.05, 4.69) is 48.5 Å². The number of benzene rings is 4. The Kier molecular flexibility index (Phi) is 3.99. The molecule has 0 saturated carbocycles. The summed E-state index contributed by atoms with van der Waals surface area (Å²) in [5.74, 6) is 1.55. The van der Waals surface area contributed by atoms with Crippen LogP contribution in [-0.4, -0.2) is 19.9 Å². The molecule has 0 aliphatic carbocycles. The van der Waals surface area contributed by atoms with Crippen molar-refractivity contribution in [3.63, 3.8) is 0 Å². The van der Waals surface area contributed by atoms with Crippen molar-refractivity contribution < 1.29 is 0 Å². The largest absolute Gasteiger partial charge is 0.233 e. The van der Waals surface area contributed by atoms with Gasteiger partial charge in [0.1, 0.15) is 0 Å². The molecule has 0 saturated heterocycles. The lowest BCUT2D eigenvalue weighted by Crippen LogP contribution is -1.97. The maximum Gasteiger partial charge on any atom is 0.160 e. The quantitative estimate of drug-likeness (QED) is 0.295. The van der Waals surface area contributed by atoms with E-state index >= 15 is 0 Å². The van der Waals surface area contributed by atoms with Crippen molar-refractivity contribution in [1.29, 1.82) is 0 Å². The molecule has 154 valence electrons. The molecule has 4 nitrogen and oxygen atoms in total. The molecular weight excluding hydrogens is 392 g/mol. The standard InChI is InChI=1S/C28H22N4/c1-15-13-16(2)30-27(29-15)23-11-7-19-6-10-22-24(28-31-17(3)14-18(4)32-28)12-8-20-5-9-21(23)25(19)26(20)22/h5-14H,1-4H3. The molecular formula is C28H22N4. The summed E-state index contributed by atoms with van der Waals surface area (Å²) in [5.41, 5.74) is 6.04. The van der Waals surface area contributed by atoms with Crippen LogP contribution in [0, 0.1) is 27.7 Å². The third-order valence-corrected chi connectivity index (χ3v) is 6.11. The van der Waals surface area contributed by atoms with Gasteiger partial charge in [0.15, 0.2) is 11.6 Å². The SMILES string of the molecule is Cc1cc(C)nc(-c2ccc3ccc4c(-c5nc(C)cc(C)n5)ccc5ccc2c3c54)n1. The molecule has 4 heteroatoms. The van der Waals surface area contributed by atoms with Crippen molar-refractivity contribution in [3.8, 4) is 22.8 Å². The van der Waals surface area contributed by atoms with Crippen molar-refractivity contribution in [2.24, 2.45) is 0 Å². The molecule has 6 aromatic rings. The number of nitrogens with zero attached hydrogens (tertiary/aromatic N) is 4. The fourth-order valence-electron chi connectivity index (χ4n) is 4.88. The average Bonchev–Trinajstić information content (AvgIpc) is 2.75. The van der Waals surface area contributed by atoms with E-state index < -0.39 is 0 Å². The lowest BCUT2D eigenvalue weighted by Gasteiger charge is -2.16. The van der Waals surface area contributed by atoms with Crippen LogP contribution in [0.5, 0.6) is 0 Å². The van der Waals surface area contributed by atoms with Gasteiger partial charge < -0.3 is 0 Å². The zero-order chi connectivity index (χ0) is 22.0. The first-order valence-corrected chi connectivity index (χ1v) is 10.8. The van der Waals surface area contributed by atoms with Crippen LogP contribution in [0.4, 0.5) is 0 Å². The molecule has 0 fully saturated rings. The van der Waals surface area contributed by atoms with Crippen LogP contribution in [0.3, 0.4) is 0 Å². The van der Waals surface area contributed by atoms with Gasteiger partial charge in [-0.3, -0.25) is 0 Å². The molecule has 0 N–H and O–H groups in total. The van der Waals surface area contributed by atoms with Gasteiger partial charge in [-0.15, -0.1) is 0 Å². The molecule has 0 aliphatic heterocycles. The number of hydrogen-bond acceptors (Lipinski definition) is 4. The number of aromatic nitrogens is 4. The third kappa shape index (κ3) is 2.83. The van der Waals surface area contributed by atoms with E-state index in [0.29, 0.717) is 0 Å². The van der Waals surface area contributed by atoms with E-state index in [1.807, 2.05) is 39.8 Å². The minimum Gasteiger partial charge on any atom is -0.233 e. The second-order valence-corrected chi connectivity index (χ2v) is 8.60. The number of rotatable bonds is 2. The van der Waals surface area contributed by atoms with Crippen LogP contribution >= 0.6 is 0 Å². The molecule has 0 atom stereocenters. The second-order valence-electron chi connectivity index (χ2n) is 8.60. The molecule has 0 radical (unpaired) electrons. The van der Waals surface area contributed by atoms with Gasteiger partial charge in [0.2, 0.25) is 0 Å². The Bertz CT molecular complexity index is 1500. The summed E-state index contributed by atoms with van der Waals surface area (Å²) in [6.07, 6.45) is 0. The Balaban J connectivity index is 1.72. The van der Waals surface area contributed by atoms with Gasteiger partial charge in [-0.25, -0.2) is 19.9 Å². The Labute approximate surface area is 186 Å². The summed E-state index contributed by atoms with van der Waals surface area (Å²) in [6, 6.07) is 21.5. The first-order chi connectivity index (χ1) is 15.5. The molecule has 0 aliphatic rings. The lowest BCUT2D eigenvalue weighted by molar-refractivity contribution is 1.06. The Morgan fingerprint density at radius 1 is 0.438 bits per heavy atom. The minimum atomic E-state index is 0.776. The zero-order valence-electron chi connectivity index (χ0n) is 18.6. The van der Waals surface area contributed by atoms with Crippen LogP contribution in [0.15, 0.2) is 60.7 Å². The monoisotopic (exact) mass is 414 g/mol. The molecule has 2 aromatic heterocycles. The van der Waals surface area contributed by atoms with E-state index in [0.717, 1.165) is 45.6 Å².